The van der Waals surface area contributed by atoms with Crippen LogP contribution in [0.15, 0.2) is 18.2 Å². The number of rotatable bonds is 7. The maximum Gasteiger partial charge on any atom is 0.178 e. The molecule has 0 fully saturated rings. The molecule has 5 heteroatoms. The smallest absolute Gasteiger partial charge is 0.178 e. The topological polar surface area (TPSA) is 54.6 Å². The molecule has 0 unspecified atom stereocenters. The van der Waals surface area contributed by atoms with Gasteiger partial charge in [0.15, 0.2) is 17.3 Å². The lowest BCUT2D eigenvalue weighted by atomic mass is 10.2. The van der Waals surface area contributed by atoms with E-state index >= 15 is 0 Å². The molecule has 0 amide bonds. The fourth-order valence-corrected chi connectivity index (χ4v) is 2.09. The number of aromatic nitrogens is 1. The number of fused-ring (bicyclic) bond motifs is 1. The number of carbonyl (C=O) groups is 1. The summed E-state index contributed by atoms with van der Waals surface area (Å²) in [5.74, 6) is 1.46. The summed E-state index contributed by atoms with van der Waals surface area (Å²) in [5.41, 5.74) is 1.50. The zero-order valence-corrected chi connectivity index (χ0v) is 13.0. The van der Waals surface area contributed by atoms with Crippen LogP contribution in [0.2, 0.25) is 0 Å². The molecule has 1 aromatic heterocycles. The normalized spacial score (nSPS) is 11.1. The molecule has 1 aromatic carbocycles. The lowest BCUT2D eigenvalue weighted by Crippen LogP contribution is -2.19. The number of aromatic amines is 1. The minimum absolute atomic E-state index is 0.0974. The first-order chi connectivity index (χ1) is 10.0. The van der Waals surface area contributed by atoms with Gasteiger partial charge in [0.05, 0.1) is 12.8 Å². The van der Waals surface area contributed by atoms with E-state index in [0.717, 1.165) is 17.4 Å². The highest BCUT2D eigenvalue weighted by Crippen LogP contribution is 2.32. The molecule has 0 aliphatic heterocycles. The number of methoxy groups -OCH3 is 1. The highest BCUT2D eigenvalue weighted by atomic mass is 16.5. The molecule has 0 radical (unpaired) electrons. The number of ketones is 1. The van der Waals surface area contributed by atoms with E-state index in [1.165, 1.54) is 0 Å². The standard InChI is InChI=1S/C16H22N2O3/c1-5-14(19)13-8-11-9-16(21-7-6-18(2)3)15(20-4)10-12(11)17-13/h8-10,17H,5-7H2,1-4H3. The quantitative estimate of drug-likeness (QED) is 0.797. The number of hydrogen-bond acceptors (Lipinski definition) is 4. The Morgan fingerprint density at radius 2 is 2.00 bits per heavy atom. The van der Waals surface area contributed by atoms with Crippen LogP contribution in [0.3, 0.4) is 0 Å². The van der Waals surface area contributed by atoms with Crippen molar-refractivity contribution in [3.63, 3.8) is 0 Å². The van der Waals surface area contributed by atoms with Gasteiger partial charge < -0.3 is 19.4 Å². The van der Waals surface area contributed by atoms with Crippen LogP contribution in [0.4, 0.5) is 0 Å². The summed E-state index contributed by atoms with van der Waals surface area (Å²) in [6.45, 7) is 3.26. The fourth-order valence-electron chi connectivity index (χ4n) is 2.09. The Kier molecular flexibility index (Phi) is 4.85. The molecule has 5 nitrogen and oxygen atoms in total. The van der Waals surface area contributed by atoms with Gasteiger partial charge in [-0.05, 0) is 26.2 Å². The third-order valence-electron chi connectivity index (χ3n) is 3.32. The second-order valence-electron chi connectivity index (χ2n) is 5.20. The van der Waals surface area contributed by atoms with Crippen molar-refractivity contribution in [1.29, 1.82) is 0 Å². The second-order valence-corrected chi connectivity index (χ2v) is 5.20. The first-order valence-electron chi connectivity index (χ1n) is 7.06. The Bertz CT molecular complexity index is 632. The SMILES string of the molecule is CCC(=O)c1cc2cc(OCCN(C)C)c(OC)cc2[nH]1. The highest BCUT2D eigenvalue weighted by Gasteiger charge is 2.12. The minimum atomic E-state index is 0.0974. The Hall–Kier alpha value is -2.01. The monoisotopic (exact) mass is 290 g/mol. The van der Waals surface area contributed by atoms with E-state index in [1.807, 2.05) is 39.2 Å². The number of nitrogens with one attached hydrogen (secondary N) is 1. The van der Waals surface area contributed by atoms with Gasteiger partial charge in [-0.3, -0.25) is 4.79 Å². The van der Waals surface area contributed by atoms with E-state index in [0.29, 0.717) is 30.2 Å². The molecule has 0 bridgehead atoms. The number of hydrogen-bond donors (Lipinski definition) is 1. The molecule has 0 saturated carbocycles. The van der Waals surface area contributed by atoms with Gasteiger partial charge in [-0.1, -0.05) is 6.92 Å². The molecule has 1 heterocycles. The first-order valence-corrected chi connectivity index (χ1v) is 7.06. The zero-order chi connectivity index (χ0) is 15.4. The lowest BCUT2D eigenvalue weighted by molar-refractivity contribution is 0.0984. The molecule has 0 spiro atoms. The van der Waals surface area contributed by atoms with Crippen molar-refractivity contribution in [1.82, 2.24) is 9.88 Å². The Balaban J connectivity index is 2.29. The summed E-state index contributed by atoms with van der Waals surface area (Å²) in [4.78, 5) is 17.0. The van der Waals surface area contributed by atoms with Crippen molar-refractivity contribution in [2.45, 2.75) is 13.3 Å². The average molecular weight is 290 g/mol. The molecule has 114 valence electrons. The van der Waals surface area contributed by atoms with Gasteiger partial charge in [0, 0.05) is 29.9 Å². The van der Waals surface area contributed by atoms with E-state index in [-0.39, 0.29) is 5.78 Å². The third-order valence-corrected chi connectivity index (χ3v) is 3.32. The van der Waals surface area contributed by atoms with Crippen LogP contribution >= 0.6 is 0 Å². The summed E-state index contributed by atoms with van der Waals surface area (Å²) in [5, 5.41) is 0.951. The minimum Gasteiger partial charge on any atom is -0.493 e. The number of likely N-dealkylation sites (N-methyl/N-ethyl adjacent to an activating group) is 1. The molecule has 1 N–H and O–H groups in total. The third kappa shape index (κ3) is 3.55. The van der Waals surface area contributed by atoms with Crippen LogP contribution in [0.25, 0.3) is 10.9 Å². The highest BCUT2D eigenvalue weighted by molar-refractivity contribution is 5.99. The summed E-state index contributed by atoms with van der Waals surface area (Å²) < 4.78 is 11.1. The summed E-state index contributed by atoms with van der Waals surface area (Å²) in [7, 11) is 5.61. The number of benzene rings is 1. The number of nitrogens with zero attached hydrogens (tertiary/aromatic N) is 1. The van der Waals surface area contributed by atoms with Gasteiger partial charge >= 0.3 is 0 Å². The van der Waals surface area contributed by atoms with Crippen molar-refractivity contribution in [2.24, 2.45) is 0 Å². The average Bonchev–Trinajstić information content (AvgIpc) is 2.87. The first kappa shape index (κ1) is 15.4. The van der Waals surface area contributed by atoms with E-state index < -0.39 is 0 Å². The van der Waals surface area contributed by atoms with Crippen LogP contribution < -0.4 is 9.47 Å². The van der Waals surface area contributed by atoms with Crippen LogP contribution in [0.1, 0.15) is 23.8 Å². The van der Waals surface area contributed by atoms with Crippen molar-refractivity contribution in [2.75, 3.05) is 34.4 Å². The summed E-state index contributed by atoms with van der Waals surface area (Å²) >= 11 is 0. The number of ether oxygens (including phenoxy) is 2. The van der Waals surface area contributed by atoms with E-state index in [1.54, 1.807) is 7.11 Å². The Morgan fingerprint density at radius 3 is 2.62 bits per heavy atom. The number of H-pyrrole nitrogens is 1. The molecule has 0 aliphatic rings. The van der Waals surface area contributed by atoms with Crippen molar-refractivity contribution in [3.05, 3.63) is 23.9 Å². The fraction of sp³-hybridized carbons (Fsp3) is 0.438. The molecule has 2 rings (SSSR count). The molecule has 0 aliphatic carbocycles. The van der Waals surface area contributed by atoms with E-state index in [9.17, 15) is 4.79 Å². The van der Waals surface area contributed by atoms with Gasteiger partial charge in [-0.2, -0.15) is 0 Å². The molecular formula is C16H22N2O3. The molecule has 0 saturated heterocycles. The molecule has 2 aromatic rings. The summed E-state index contributed by atoms with van der Waals surface area (Å²) in [6, 6.07) is 5.64. The Labute approximate surface area is 124 Å². The maximum absolute atomic E-state index is 11.8. The van der Waals surface area contributed by atoms with Crippen molar-refractivity contribution in [3.8, 4) is 11.5 Å². The zero-order valence-electron chi connectivity index (χ0n) is 13.0. The number of Topliss-reactive ketones (excluding diaryl/α,β-unsaturated/α-hetero) is 1. The van der Waals surface area contributed by atoms with Crippen LogP contribution in [-0.4, -0.2) is 50.0 Å². The van der Waals surface area contributed by atoms with Gasteiger partial charge in [0.25, 0.3) is 0 Å². The van der Waals surface area contributed by atoms with E-state index in [2.05, 4.69) is 9.88 Å². The second kappa shape index (κ2) is 6.63. The van der Waals surface area contributed by atoms with Gasteiger partial charge in [-0.15, -0.1) is 0 Å². The van der Waals surface area contributed by atoms with Crippen molar-refractivity contribution < 1.29 is 14.3 Å². The van der Waals surface area contributed by atoms with Crippen molar-refractivity contribution >= 4 is 16.7 Å². The largest absolute Gasteiger partial charge is 0.493 e. The lowest BCUT2D eigenvalue weighted by Gasteiger charge is -2.13. The molecule has 21 heavy (non-hydrogen) atoms. The maximum atomic E-state index is 11.8. The predicted octanol–water partition coefficient (Wildman–Crippen LogP) is 2.71. The summed E-state index contributed by atoms with van der Waals surface area (Å²) in [6.07, 6.45) is 0.482. The number of carbonyl (C=O) groups excluding carboxylic acids is 1. The van der Waals surface area contributed by atoms with Gasteiger partial charge in [0.1, 0.15) is 6.61 Å². The van der Waals surface area contributed by atoms with E-state index in [4.69, 9.17) is 9.47 Å². The van der Waals surface area contributed by atoms with Crippen LogP contribution in [0, 0.1) is 0 Å². The van der Waals surface area contributed by atoms with Crippen LogP contribution in [0.5, 0.6) is 11.5 Å². The van der Waals surface area contributed by atoms with Gasteiger partial charge in [-0.25, -0.2) is 0 Å². The molecule has 0 atom stereocenters. The molecular weight excluding hydrogens is 268 g/mol. The predicted molar refractivity (Wildman–Crippen MR) is 83.5 cm³/mol. The van der Waals surface area contributed by atoms with Gasteiger partial charge in [0.2, 0.25) is 0 Å². The Morgan fingerprint density at radius 1 is 1.24 bits per heavy atom. The van der Waals surface area contributed by atoms with Crippen LogP contribution in [-0.2, 0) is 0 Å².